The van der Waals surface area contributed by atoms with Gasteiger partial charge in [0.15, 0.2) is 6.23 Å². The molecule has 3 aliphatic heterocycles. The number of amides is 2. The summed E-state index contributed by atoms with van der Waals surface area (Å²) in [5, 5.41) is 0. The van der Waals surface area contributed by atoms with Crippen LogP contribution in [0.25, 0.3) is 5.70 Å². The summed E-state index contributed by atoms with van der Waals surface area (Å²) in [6, 6.07) is 7.57. The number of hydrogen-bond acceptors (Lipinski definition) is 3. The summed E-state index contributed by atoms with van der Waals surface area (Å²) in [7, 11) is 1.58. The van der Waals surface area contributed by atoms with Gasteiger partial charge in [-0.05, 0) is 18.9 Å². The average Bonchev–Trinajstić information content (AvgIpc) is 3.08. The second-order valence-electron chi connectivity index (χ2n) is 6.36. The third-order valence-corrected chi connectivity index (χ3v) is 5.19. The summed E-state index contributed by atoms with van der Waals surface area (Å²) in [4.78, 5) is 29.3. The third-order valence-electron chi connectivity index (χ3n) is 5.19. The zero-order valence-electron chi connectivity index (χ0n) is 13.3. The van der Waals surface area contributed by atoms with Gasteiger partial charge in [0.2, 0.25) is 0 Å². The van der Waals surface area contributed by atoms with E-state index in [1.165, 1.54) is 0 Å². The molecule has 2 amide bonds. The van der Waals surface area contributed by atoms with Crippen molar-refractivity contribution in [1.29, 1.82) is 0 Å². The second-order valence-corrected chi connectivity index (χ2v) is 6.36. The van der Waals surface area contributed by atoms with Gasteiger partial charge in [-0.2, -0.15) is 0 Å². The van der Waals surface area contributed by atoms with Crippen molar-refractivity contribution in [3.05, 3.63) is 64.4 Å². The van der Waals surface area contributed by atoms with Crippen molar-refractivity contribution >= 4 is 17.5 Å². The smallest absolute Gasteiger partial charge is 0.261 e. The van der Waals surface area contributed by atoms with E-state index in [0.717, 1.165) is 40.9 Å². The number of methoxy groups -OCH3 is 1. The van der Waals surface area contributed by atoms with Crippen molar-refractivity contribution in [2.75, 3.05) is 13.7 Å². The first kappa shape index (κ1) is 13.7. The number of carbonyl (C=O) groups is 2. The maximum Gasteiger partial charge on any atom is 0.261 e. The lowest BCUT2D eigenvalue weighted by atomic mass is 9.96. The predicted octanol–water partition coefficient (Wildman–Crippen LogP) is 2.29. The normalized spacial score (nSPS) is 24.5. The number of benzene rings is 1. The summed E-state index contributed by atoms with van der Waals surface area (Å²) in [6.45, 7) is 0.370. The van der Waals surface area contributed by atoms with Crippen molar-refractivity contribution in [2.24, 2.45) is 0 Å². The monoisotopic (exact) mass is 320 g/mol. The molecule has 0 N–H and O–H groups in total. The Balaban J connectivity index is 1.83. The summed E-state index contributed by atoms with van der Waals surface area (Å²) < 4.78 is 5.56. The van der Waals surface area contributed by atoms with E-state index in [0.29, 0.717) is 12.1 Å². The molecule has 1 atom stereocenters. The molecule has 5 rings (SSSR count). The minimum atomic E-state index is -0.460. The maximum atomic E-state index is 12.9. The van der Waals surface area contributed by atoms with Crippen LogP contribution in [0.15, 0.2) is 53.3 Å². The van der Waals surface area contributed by atoms with E-state index < -0.39 is 6.23 Å². The Bertz CT molecular complexity index is 894. The molecule has 4 aliphatic rings. The second kappa shape index (κ2) is 4.68. The quantitative estimate of drug-likeness (QED) is 0.798. The molecule has 0 saturated carbocycles. The van der Waals surface area contributed by atoms with E-state index >= 15 is 0 Å². The fourth-order valence-electron chi connectivity index (χ4n) is 4.12. The molecule has 0 radical (unpaired) electrons. The van der Waals surface area contributed by atoms with Gasteiger partial charge in [-0.1, -0.05) is 30.4 Å². The van der Waals surface area contributed by atoms with E-state index in [1.54, 1.807) is 16.9 Å². The van der Waals surface area contributed by atoms with Gasteiger partial charge in [0.05, 0.1) is 17.9 Å². The van der Waals surface area contributed by atoms with Gasteiger partial charge >= 0.3 is 0 Å². The van der Waals surface area contributed by atoms with E-state index in [2.05, 4.69) is 6.08 Å². The number of fused-ring (bicyclic) bond motifs is 5. The molecule has 5 heteroatoms. The molecule has 1 aromatic rings. The topological polar surface area (TPSA) is 49.9 Å². The molecule has 120 valence electrons. The van der Waals surface area contributed by atoms with E-state index in [-0.39, 0.29) is 11.8 Å². The zero-order chi connectivity index (χ0) is 16.4. The molecule has 3 heterocycles. The van der Waals surface area contributed by atoms with Gasteiger partial charge in [-0.3, -0.25) is 14.5 Å². The first-order chi connectivity index (χ1) is 11.7. The fourth-order valence-corrected chi connectivity index (χ4v) is 4.12. The SMILES string of the molecule is COC1CN2C(=O)C3=C(C=CCC3)C2=C2c3ccccc3C(=O)N21. The standard InChI is InChI=1S/C19H16N2O3/c1-24-15-10-20-16(11-6-2-4-8-13(11)18(20)22)17-12-7-3-5-9-14(12)19(23)21(15)17/h2-3,5-7,9,15H,4,8,10H2,1H3. The van der Waals surface area contributed by atoms with Gasteiger partial charge < -0.3 is 9.64 Å². The van der Waals surface area contributed by atoms with Crippen LogP contribution in [0.2, 0.25) is 0 Å². The van der Waals surface area contributed by atoms with E-state index in [9.17, 15) is 9.59 Å². The average molecular weight is 320 g/mol. The Kier molecular flexibility index (Phi) is 2.68. The number of carbonyl (C=O) groups excluding carboxylic acids is 2. The molecular weight excluding hydrogens is 304 g/mol. The number of hydrogen-bond donors (Lipinski definition) is 0. The van der Waals surface area contributed by atoms with Gasteiger partial charge in [0, 0.05) is 29.4 Å². The lowest BCUT2D eigenvalue weighted by molar-refractivity contribution is -0.127. The van der Waals surface area contributed by atoms with Crippen LogP contribution in [0.1, 0.15) is 28.8 Å². The Morgan fingerprint density at radius 3 is 2.67 bits per heavy atom. The van der Waals surface area contributed by atoms with Gasteiger partial charge in [-0.15, -0.1) is 0 Å². The van der Waals surface area contributed by atoms with Gasteiger partial charge in [-0.25, -0.2) is 0 Å². The summed E-state index contributed by atoms with van der Waals surface area (Å²) >= 11 is 0. The summed E-state index contributed by atoms with van der Waals surface area (Å²) in [5.41, 5.74) is 5.03. The third kappa shape index (κ3) is 1.52. The summed E-state index contributed by atoms with van der Waals surface area (Å²) in [5.74, 6) is -0.00346. The fraction of sp³-hybridized carbons (Fsp3) is 0.263. The lowest BCUT2D eigenvalue weighted by Gasteiger charge is -2.38. The van der Waals surface area contributed by atoms with Crippen LogP contribution in [0, 0.1) is 0 Å². The van der Waals surface area contributed by atoms with Crippen LogP contribution in [-0.4, -0.2) is 41.5 Å². The van der Waals surface area contributed by atoms with Crippen LogP contribution in [-0.2, 0) is 9.53 Å². The first-order valence-corrected chi connectivity index (χ1v) is 8.14. The van der Waals surface area contributed by atoms with Crippen molar-refractivity contribution in [3.63, 3.8) is 0 Å². The number of allylic oxidation sites excluding steroid dienone is 2. The van der Waals surface area contributed by atoms with Crippen molar-refractivity contribution in [1.82, 2.24) is 9.80 Å². The Morgan fingerprint density at radius 1 is 1.08 bits per heavy atom. The number of rotatable bonds is 1. The maximum absolute atomic E-state index is 12.9. The molecule has 1 unspecified atom stereocenters. The van der Waals surface area contributed by atoms with Crippen LogP contribution in [0.3, 0.4) is 0 Å². The molecule has 0 spiro atoms. The Morgan fingerprint density at radius 2 is 1.88 bits per heavy atom. The van der Waals surface area contributed by atoms with Gasteiger partial charge in [0.25, 0.3) is 11.8 Å². The molecule has 0 fully saturated rings. The highest BCUT2D eigenvalue weighted by Gasteiger charge is 2.49. The van der Waals surface area contributed by atoms with Crippen molar-refractivity contribution < 1.29 is 14.3 Å². The number of nitrogens with zero attached hydrogens (tertiary/aromatic N) is 2. The zero-order valence-corrected chi connectivity index (χ0v) is 13.3. The highest BCUT2D eigenvalue weighted by molar-refractivity contribution is 6.13. The van der Waals surface area contributed by atoms with Crippen LogP contribution >= 0.6 is 0 Å². The molecule has 1 aliphatic carbocycles. The van der Waals surface area contributed by atoms with E-state index in [4.69, 9.17) is 4.74 Å². The molecule has 0 saturated heterocycles. The molecule has 0 aromatic heterocycles. The lowest BCUT2D eigenvalue weighted by Crippen LogP contribution is -2.49. The highest BCUT2D eigenvalue weighted by Crippen LogP contribution is 2.47. The summed E-state index contributed by atoms with van der Waals surface area (Å²) in [6.07, 6.45) is 5.30. The van der Waals surface area contributed by atoms with Crippen molar-refractivity contribution in [3.8, 4) is 0 Å². The van der Waals surface area contributed by atoms with Crippen LogP contribution < -0.4 is 0 Å². The highest BCUT2D eigenvalue weighted by atomic mass is 16.5. The first-order valence-electron chi connectivity index (χ1n) is 8.14. The van der Waals surface area contributed by atoms with Crippen LogP contribution in [0.5, 0.6) is 0 Å². The molecule has 1 aromatic carbocycles. The largest absolute Gasteiger partial charge is 0.359 e. The number of ether oxygens (including phenoxy) is 1. The predicted molar refractivity (Wildman–Crippen MR) is 87.4 cm³/mol. The van der Waals surface area contributed by atoms with Crippen LogP contribution in [0.4, 0.5) is 0 Å². The molecule has 24 heavy (non-hydrogen) atoms. The molecule has 0 bridgehead atoms. The molecular formula is C19H16N2O3. The minimum absolute atomic E-state index is 0.0513. The van der Waals surface area contributed by atoms with E-state index in [1.807, 2.05) is 30.3 Å². The molecule has 5 nitrogen and oxygen atoms in total. The Labute approximate surface area is 139 Å². The Hall–Kier alpha value is -2.66. The van der Waals surface area contributed by atoms with Gasteiger partial charge in [0.1, 0.15) is 0 Å². The minimum Gasteiger partial charge on any atom is -0.359 e. The van der Waals surface area contributed by atoms with Crippen molar-refractivity contribution in [2.45, 2.75) is 19.1 Å².